The quantitative estimate of drug-likeness (QED) is 0.524. The molecule has 0 aromatic carbocycles. The van der Waals surface area contributed by atoms with Gasteiger partial charge in [0.15, 0.2) is 11.3 Å². The number of aromatic amines is 1. The Hall–Kier alpha value is -3.05. The molecule has 0 amide bonds. The second-order valence-corrected chi connectivity index (χ2v) is 8.98. The Balaban J connectivity index is 1.61. The number of hydrogen-bond acceptors (Lipinski definition) is 4. The first-order valence-electron chi connectivity index (χ1n) is 10.3. The van der Waals surface area contributed by atoms with Gasteiger partial charge in [0.05, 0.1) is 24.3 Å². The molecular formula is C21H23F6N6+. The second-order valence-electron chi connectivity index (χ2n) is 8.98. The highest BCUT2D eigenvalue weighted by molar-refractivity contribution is 5.54. The summed E-state index contributed by atoms with van der Waals surface area (Å²) in [6.07, 6.45) is -8.15. The number of rotatable bonds is 2. The molecule has 0 bridgehead atoms. The Labute approximate surface area is 185 Å². The first kappa shape index (κ1) is 23.1. The molecule has 33 heavy (non-hydrogen) atoms. The van der Waals surface area contributed by atoms with Crippen molar-refractivity contribution < 1.29 is 31.3 Å². The zero-order chi connectivity index (χ0) is 24.2. The predicted molar refractivity (Wildman–Crippen MR) is 109 cm³/mol. The van der Waals surface area contributed by atoms with Crippen LogP contribution < -0.4 is 14.8 Å². The third-order valence-corrected chi connectivity index (χ3v) is 5.54. The molecule has 12 heteroatoms. The van der Waals surface area contributed by atoms with E-state index in [0.717, 1.165) is 18.3 Å². The minimum atomic E-state index is -4.61. The highest BCUT2D eigenvalue weighted by Crippen LogP contribution is 2.33. The van der Waals surface area contributed by atoms with E-state index < -0.39 is 23.6 Å². The molecule has 1 aliphatic heterocycles. The molecule has 0 atom stereocenters. The average Bonchev–Trinajstić information content (AvgIpc) is 3.17. The zero-order valence-corrected chi connectivity index (χ0v) is 18.2. The first-order valence-corrected chi connectivity index (χ1v) is 10.3. The van der Waals surface area contributed by atoms with E-state index in [9.17, 15) is 26.3 Å². The van der Waals surface area contributed by atoms with Gasteiger partial charge in [-0.25, -0.2) is 9.97 Å². The molecule has 3 aromatic heterocycles. The SMILES string of the molecule is CC(C)(C)c1cc2nc(C(F)(F)F)cc(N3CCN(c4ccc(C(F)(F)F)c[nH+]4)CC3)n2n1. The molecule has 4 heterocycles. The van der Waals surface area contributed by atoms with Crippen molar-refractivity contribution in [3.8, 4) is 0 Å². The van der Waals surface area contributed by atoms with Crippen molar-refractivity contribution in [1.82, 2.24) is 14.6 Å². The summed E-state index contributed by atoms with van der Waals surface area (Å²) in [5, 5.41) is 4.51. The summed E-state index contributed by atoms with van der Waals surface area (Å²) in [6.45, 7) is 7.27. The molecule has 4 rings (SSSR count). The summed E-state index contributed by atoms with van der Waals surface area (Å²) in [4.78, 5) is 10.1. The lowest BCUT2D eigenvalue weighted by molar-refractivity contribution is -0.367. The fourth-order valence-corrected chi connectivity index (χ4v) is 3.66. The van der Waals surface area contributed by atoms with Gasteiger partial charge in [-0.2, -0.15) is 36.0 Å². The van der Waals surface area contributed by atoms with Crippen LogP contribution in [0.15, 0.2) is 30.5 Å². The standard InChI is InChI=1S/C21H22F6N6/c1-19(2,3)14-10-17-29-15(21(25,26)27)11-18(33(17)30-14)32-8-6-31(7-9-32)16-5-4-13(12-28-16)20(22,23)24/h4-5,10-12H,6-9H2,1-3H3/p+1. The number of nitrogens with one attached hydrogen (secondary N) is 1. The lowest BCUT2D eigenvalue weighted by Crippen LogP contribution is -2.48. The van der Waals surface area contributed by atoms with Crippen LogP contribution in [0.3, 0.4) is 0 Å². The number of nitrogens with zero attached hydrogens (tertiary/aromatic N) is 5. The topological polar surface area (TPSA) is 50.8 Å². The van der Waals surface area contributed by atoms with Gasteiger partial charge in [-0.1, -0.05) is 20.8 Å². The summed E-state index contributed by atoms with van der Waals surface area (Å²) in [5.74, 6) is 0.784. The van der Waals surface area contributed by atoms with Crippen molar-refractivity contribution >= 4 is 17.3 Å². The maximum atomic E-state index is 13.5. The molecular weight excluding hydrogens is 450 g/mol. The van der Waals surface area contributed by atoms with E-state index in [1.54, 1.807) is 11.0 Å². The van der Waals surface area contributed by atoms with Crippen molar-refractivity contribution in [3.05, 3.63) is 47.4 Å². The largest absolute Gasteiger partial charge is 0.433 e. The van der Waals surface area contributed by atoms with Crippen LogP contribution in [0.2, 0.25) is 0 Å². The normalized spacial score (nSPS) is 16.0. The first-order chi connectivity index (χ1) is 15.2. The Bertz CT molecular complexity index is 1140. The Morgan fingerprint density at radius 1 is 0.818 bits per heavy atom. The van der Waals surface area contributed by atoms with E-state index in [1.807, 2.05) is 25.7 Å². The number of H-pyrrole nitrogens is 1. The van der Waals surface area contributed by atoms with Gasteiger partial charge in [-0.15, -0.1) is 0 Å². The molecule has 0 saturated carbocycles. The number of anilines is 2. The van der Waals surface area contributed by atoms with E-state index in [4.69, 9.17) is 0 Å². The van der Waals surface area contributed by atoms with Gasteiger partial charge < -0.3 is 4.90 Å². The number of hydrogen-bond donors (Lipinski definition) is 0. The highest BCUT2D eigenvalue weighted by Gasteiger charge is 2.36. The molecule has 0 spiro atoms. The molecule has 6 nitrogen and oxygen atoms in total. The van der Waals surface area contributed by atoms with Gasteiger partial charge in [0.25, 0.3) is 5.82 Å². The van der Waals surface area contributed by atoms with E-state index in [2.05, 4.69) is 15.1 Å². The van der Waals surface area contributed by atoms with Crippen LogP contribution in [-0.2, 0) is 17.8 Å². The summed E-state index contributed by atoms with van der Waals surface area (Å²) < 4.78 is 80.3. The smallest absolute Gasteiger partial charge is 0.349 e. The summed E-state index contributed by atoms with van der Waals surface area (Å²) in [6, 6.07) is 4.91. The summed E-state index contributed by atoms with van der Waals surface area (Å²) >= 11 is 0. The van der Waals surface area contributed by atoms with Gasteiger partial charge in [-0.3, -0.25) is 4.90 Å². The molecule has 0 radical (unpaired) electrons. The number of alkyl halides is 6. The van der Waals surface area contributed by atoms with Crippen molar-refractivity contribution in [2.75, 3.05) is 36.0 Å². The van der Waals surface area contributed by atoms with Crippen molar-refractivity contribution in [3.63, 3.8) is 0 Å². The molecule has 3 aromatic rings. The number of halogens is 6. The third kappa shape index (κ3) is 4.69. The number of pyridine rings is 1. The lowest BCUT2D eigenvalue weighted by atomic mass is 9.93. The minimum absolute atomic E-state index is 0.114. The highest BCUT2D eigenvalue weighted by atomic mass is 19.4. The van der Waals surface area contributed by atoms with E-state index in [1.165, 1.54) is 10.6 Å². The molecule has 1 saturated heterocycles. The van der Waals surface area contributed by atoms with Crippen LogP contribution in [-0.4, -0.2) is 40.8 Å². The third-order valence-electron chi connectivity index (χ3n) is 5.54. The van der Waals surface area contributed by atoms with Crippen LogP contribution in [0.4, 0.5) is 38.0 Å². The van der Waals surface area contributed by atoms with Gasteiger partial charge in [0.2, 0.25) is 0 Å². The van der Waals surface area contributed by atoms with Gasteiger partial charge >= 0.3 is 12.4 Å². The van der Waals surface area contributed by atoms with Crippen LogP contribution in [0.25, 0.3) is 5.65 Å². The van der Waals surface area contributed by atoms with Crippen molar-refractivity contribution in [1.29, 1.82) is 0 Å². The van der Waals surface area contributed by atoms with E-state index >= 15 is 0 Å². The maximum absolute atomic E-state index is 13.5. The lowest BCUT2D eigenvalue weighted by Gasteiger charge is -2.32. The monoisotopic (exact) mass is 473 g/mol. The zero-order valence-electron chi connectivity index (χ0n) is 18.2. The minimum Gasteiger partial charge on any atom is -0.349 e. The van der Waals surface area contributed by atoms with Crippen LogP contribution in [0, 0.1) is 0 Å². The van der Waals surface area contributed by atoms with Crippen LogP contribution >= 0.6 is 0 Å². The van der Waals surface area contributed by atoms with Crippen molar-refractivity contribution in [2.45, 2.75) is 38.5 Å². The average molecular weight is 473 g/mol. The van der Waals surface area contributed by atoms with Gasteiger partial charge in [0.1, 0.15) is 25.1 Å². The fourth-order valence-electron chi connectivity index (χ4n) is 3.66. The number of aromatic nitrogens is 4. The molecule has 0 aliphatic carbocycles. The molecule has 0 unspecified atom stereocenters. The summed E-state index contributed by atoms with van der Waals surface area (Å²) in [7, 11) is 0. The van der Waals surface area contributed by atoms with Gasteiger partial charge in [0, 0.05) is 23.6 Å². The summed E-state index contributed by atoms with van der Waals surface area (Å²) in [5.41, 5.74) is -1.42. The Morgan fingerprint density at radius 2 is 1.45 bits per heavy atom. The van der Waals surface area contributed by atoms with Crippen LogP contribution in [0.5, 0.6) is 0 Å². The Morgan fingerprint density at radius 3 is 1.97 bits per heavy atom. The van der Waals surface area contributed by atoms with Gasteiger partial charge in [-0.05, 0) is 6.07 Å². The molecule has 178 valence electrons. The predicted octanol–water partition coefficient (Wildman–Crippen LogP) is 4.21. The number of fused-ring (bicyclic) bond motifs is 1. The molecule has 1 N–H and O–H groups in total. The van der Waals surface area contributed by atoms with E-state index in [0.29, 0.717) is 37.7 Å². The second kappa shape index (κ2) is 7.77. The fraction of sp³-hybridized carbons (Fsp3) is 0.476. The maximum Gasteiger partial charge on any atom is 0.433 e. The molecule has 1 fully saturated rings. The van der Waals surface area contributed by atoms with Crippen LogP contribution in [0.1, 0.15) is 37.7 Å². The Kier molecular flexibility index (Phi) is 5.44. The number of piperazine rings is 1. The molecule has 1 aliphatic rings. The van der Waals surface area contributed by atoms with E-state index in [-0.39, 0.29) is 16.9 Å². The van der Waals surface area contributed by atoms with Crippen molar-refractivity contribution in [2.24, 2.45) is 0 Å².